The first-order valence-corrected chi connectivity index (χ1v) is 3.48. The molecule has 0 fully saturated rings. The van der Waals surface area contributed by atoms with Crippen LogP contribution in [0.25, 0.3) is 0 Å². The first kappa shape index (κ1) is 7.06. The number of allylic oxidation sites excluding steroid dienone is 1. The molecule has 2 heteroatoms. The summed E-state index contributed by atoms with van der Waals surface area (Å²) < 4.78 is 0. The van der Waals surface area contributed by atoms with Crippen LogP contribution in [-0.4, -0.2) is 17.3 Å². The van der Waals surface area contributed by atoms with Crippen molar-refractivity contribution in [3.63, 3.8) is 0 Å². The van der Waals surface area contributed by atoms with E-state index in [0.717, 1.165) is 18.7 Å². The molecule has 0 saturated carbocycles. The number of hydrogen-bond acceptors (Lipinski definition) is 1. The van der Waals surface area contributed by atoms with Gasteiger partial charge in [-0.05, 0) is 18.6 Å². The zero-order valence-corrected chi connectivity index (χ0v) is 6.22. The van der Waals surface area contributed by atoms with Gasteiger partial charge in [0, 0.05) is 12.2 Å². The Balaban J connectivity index is 2.60. The maximum absolute atomic E-state index is 7.42. The molecule has 0 aliphatic carbocycles. The Morgan fingerprint density at radius 1 is 1.60 bits per heavy atom. The van der Waals surface area contributed by atoms with E-state index in [0.29, 0.717) is 5.84 Å². The number of rotatable bonds is 2. The molecule has 0 radical (unpaired) electrons. The van der Waals surface area contributed by atoms with Crippen LogP contribution in [0.4, 0.5) is 0 Å². The van der Waals surface area contributed by atoms with Gasteiger partial charge < -0.3 is 4.90 Å². The summed E-state index contributed by atoms with van der Waals surface area (Å²) in [6, 6.07) is 0. The largest absolute Gasteiger partial charge is 0.327 e. The molecule has 0 aromatic rings. The van der Waals surface area contributed by atoms with Crippen LogP contribution >= 0.6 is 0 Å². The van der Waals surface area contributed by atoms with Crippen molar-refractivity contribution in [3.8, 4) is 0 Å². The lowest BCUT2D eigenvalue weighted by atomic mass is 10.4. The van der Waals surface area contributed by atoms with Gasteiger partial charge in [-0.15, -0.1) is 0 Å². The summed E-state index contributed by atoms with van der Waals surface area (Å²) in [5, 5.41) is 7.42. The predicted octanol–water partition coefficient (Wildman–Crippen LogP) is 1.76. The summed E-state index contributed by atoms with van der Waals surface area (Å²) in [4.78, 5) is 1.90. The Hall–Kier alpha value is -1.05. The molecule has 2 nitrogen and oxygen atoms in total. The zero-order valence-electron chi connectivity index (χ0n) is 6.22. The second-order valence-electron chi connectivity index (χ2n) is 2.36. The van der Waals surface area contributed by atoms with Crippen LogP contribution in [0, 0.1) is 5.41 Å². The van der Waals surface area contributed by atoms with Crippen molar-refractivity contribution < 1.29 is 0 Å². The highest BCUT2D eigenvalue weighted by Gasteiger charge is 2.12. The fraction of sp³-hybridized carbons (Fsp3) is 0.375. The van der Waals surface area contributed by atoms with Gasteiger partial charge in [0.2, 0.25) is 0 Å². The van der Waals surface area contributed by atoms with Gasteiger partial charge in [-0.2, -0.15) is 0 Å². The fourth-order valence-corrected chi connectivity index (χ4v) is 0.997. The number of amidine groups is 1. The van der Waals surface area contributed by atoms with Crippen molar-refractivity contribution in [2.75, 3.05) is 6.54 Å². The maximum atomic E-state index is 7.42. The highest BCUT2D eigenvalue weighted by molar-refractivity contribution is 5.95. The highest BCUT2D eigenvalue weighted by Crippen LogP contribution is 2.12. The average molecular weight is 136 g/mol. The van der Waals surface area contributed by atoms with E-state index in [1.165, 1.54) is 0 Å². The molecule has 0 atom stereocenters. The van der Waals surface area contributed by atoms with Crippen LogP contribution in [0.2, 0.25) is 0 Å². The van der Waals surface area contributed by atoms with Gasteiger partial charge in [0.15, 0.2) is 0 Å². The highest BCUT2D eigenvalue weighted by atomic mass is 15.2. The summed E-state index contributed by atoms with van der Waals surface area (Å²) >= 11 is 0. The molecule has 0 saturated heterocycles. The van der Waals surface area contributed by atoms with Crippen molar-refractivity contribution in [2.24, 2.45) is 0 Å². The molecule has 0 bridgehead atoms. The van der Waals surface area contributed by atoms with Crippen LogP contribution in [-0.2, 0) is 0 Å². The van der Waals surface area contributed by atoms with Gasteiger partial charge in [0.05, 0.1) is 0 Å². The molecule has 0 amide bonds. The van der Waals surface area contributed by atoms with E-state index in [9.17, 15) is 0 Å². The lowest BCUT2D eigenvalue weighted by Gasteiger charge is -2.17. The van der Waals surface area contributed by atoms with E-state index in [1.807, 2.05) is 11.0 Å². The van der Waals surface area contributed by atoms with Gasteiger partial charge in [-0.1, -0.05) is 13.5 Å². The molecule has 0 aromatic heterocycles. The molecular weight excluding hydrogens is 124 g/mol. The van der Waals surface area contributed by atoms with Gasteiger partial charge in [-0.25, -0.2) is 0 Å². The molecule has 1 aliphatic rings. The topological polar surface area (TPSA) is 27.1 Å². The quantitative estimate of drug-likeness (QED) is 0.615. The normalized spacial score (nSPS) is 17.1. The minimum Gasteiger partial charge on any atom is -0.327 e. The monoisotopic (exact) mass is 136 g/mol. The summed E-state index contributed by atoms with van der Waals surface area (Å²) in [5.41, 5.74) is 0.937. The lowest BCUT2D eigenvalue weighted by molar-refractivity contribution is 0.532. The van der Waals surface area contributed by atoms with E-state index >= 15 is 0 Å². The van der Waals surface area contributed by atoms with Crippen molar-refractivity contribution in [2.45, 2.75) is 13.3 Å². The minimum atomic E-state index is 0.562. The third kappa shape index (κ3) is 1.10. The summed E-state index contributed by atoms with van der Waals surface area (Å²) in [6.07, 6.45) is 4.71. The first-order chi connectivity index (χ1) is 4.75. The van der Waals surface area contributed by atoms with Gasteiger partial charge in [0.1, 0.15) is 5.84 Å². The van der Waals surface area contributed by atoms with Crippen LogP contribution in [0.5, 0.6) is 0 Å². The Kier molecular flexibility index (Phi) is 1.90. The Morgan fingerprint density at radius 3 is 2.70 bits per heavy atom. The Morgan fingerprint density at radius 2 is 2.30 bits per heavy atom. The second kappa shape index (κ2) is 2.69. The van der Waals surface area contributed by atoms with Crippen LogP contribution in [0.15, 0.2) is 24.4 Å². The Labute approximate surface area is 61.4 Å². The number of hydrogen-bond donors (Lipinski definition) is 1. The first-order valence-electron chi connectivity index (χ1n) is 3.48. The standard InChI is InChI=1S/C8H12N2/c1-3-6-10-7(2)4-5-8(10)9/h4-5,9H,2-3,6H2,1H3. The smallest absolute Gasteiger partial charge is 0.125 e. The molecule has 1 aliphatic heterocycles. The summed E-state index contributed by atoms with van der Waals surface area (Å²) in [5.74, 6) is 0.562. The van der Waals surface area contributed by atoms with E-state index in [1.54, 1.807) is 6.08 Å². The van der Waals surface area contributed by atoms with Gasteiger partial charge in [-0.3, -0.25) is 5.41 Å². The van der Waals surface area contributed by atoms with Crippen molar-refractivity contribution >= 4 is 5.84 Å². The van der Waals surface area contributed by atoms with Crippen LogP contribution in [0.3, 0.4) is 0 Å². The zero-order chi connectivity index (χ0) is 7.56. The van der Waals surface area contributed by atoms with E-state index < -0.39 is 0 Å². The molecule has 1 rings (SSSR count). The van der Waals surface area contributed by atoms with E-state index in [2.05, 4.69) is 13.5 Å². The van der Waals surface area contributed by atoms with Gasteiger partial charge >= 0.3 is 0 Å². The molecule has 1 N–H and O–H groups in total. The molecule has 0 aromatic carbocycles. The molecule has 1 heterocycles. The Bertz CT molecular complexity index is 173. The van der Waals surface area contributed by atoms with E-state index in [4.69, 9.17) is 5.41 Å². The predicted molar refractivity (Wildman–Crippen MR) is 43.0 cm³/mol. The lowest BCUT2D eigenvalue weighted by Crippen LogP contribution is -2.23. The third-order valence-electron chi connectivity index (χ3n) is 1.52. The number of nitrogens with zero attached hydrogens (tertiary/aromatic N) is 1. The number of nitrogens with one attached hydrogen (secondary N) is 1. The van der Waals surface area contributed by atoms with Crippen molar-refractivity contribution in [1.82, 2.24) is 4.90 Å². The van der Waals surface area contributed by atoms with Crippen LogP contribution < -0.4 is 0 Å². The summed E-state index contributed by atoms with van der Waals surface area (Å²) in [6.45, 7) is 6.81. The molecule has 54 valence electrons. The fourth-order valence-electron chi connectivity index (χ4n) is 0.997. The average Bonchev–Trinajstić information content (AvgIpc) is 2.20. The van der Waals surface area contributed by atoms with E-state index in [-0.39, 0.29) is 0 Å². The van der Waals surface area contributed by atoms with Crippen LogP contribution in [0.1, 0.15) is 13.3 Å². The molecule has 0 unspecified atom stereocenters. The molecule has 0 spiro atoms. The van der Waals surface area contributed by atoms with Crippen molar-refractivity contribution in [3.05, 3.63) is 24.4 Å². The molecule has 10 heavy (non-hydrogen) atoms. The maximum Gasteiger partial charge on any atom is 0.125 e. The second-order valence-corrected chi connectivity index (χ2v) is 2.36. The third-order valence-corrected chi connectivity index (χ3v) is 1.52. The molecular formula is C8H12N2. The van der Waals surface area contributed by atoms with Crippen molar-refractivity contribution in [1.29, 1.82) is 5.41 Å². The van der Waals surface area contributed by atoms with Gasteiger partial charge in [0.25, 0.3) is 0 Å². The summed E-state index contributed by atoms with van der Waals surface area (Å²) in [7, 11) is 0. The SMILES string of the molecule is C=C1C=CC(=N)N1CCC. The minimum absolute atomic E-state index is 0.562.